The van der Waals surface area contributed by atoms with Gasteiger partial charge < -0.3 is 19.9 Å². The van der Waals surface area contributed by atoms with Crippen molar-refractivity contribution < 1.29 is 19.1 Å². The Hall–Kier alpha value is -2.16. The van der Waals surface area contributed by atoms with Crippen LogP contribution in [-0.4, -0.2) is 97.0 Å². The molecule has 0 unspecified atom stereocenters. The molecule has 0 aromatic heterocycles. The summed E-state index contributed by atoms with van der Waals surface area (Å²) < 4.78 is 5.00. The summed E-state index contributed by atoms with van der Waals surface area (Å²) in [6, 6.07) is 9.87. The van der Waals surface area contributed by atoms with Crippen molar-refractivity contribution in [3.63, 3.8) is 0 Å². The van der Waals surface area contributed by atoms with Crippen molar-refractivity contribution in [1.29, 1.82) is 0 Å². The maximum atomic E-state index is 12.2. The van der Waals surface area contributed by atoms with Gasteiger partial charge in [-0.2, -0.15) is 0 Å². The van der Waals surface area contributed by atoms with Gasteiger partial charge in [0.1, 0.15) is 0 Å². The molecule has 0 spiro atoms. The zero-order valence-electron chi connectivity index (χ0n) is 29.9. The normalized spacial score (nSPS) is 23.5. The number of ether oxygens (including phenoxy) is 1. The molecule has 3 aliphatic heterocycles. The van der Waals surface area contributed by atoms with Gasteiger partial charge in [0, 0.05) is 54.7 Å². The fourth-order valence-corrected chi connectivity index (χ4v) is 5.96. The quantitative estimate of drug-likeness (QED) is 0.357. The highest BCUT2D eigenvalue weighted by Crippen LogP contribution is 2.27. The second-order valence-electron chi connectivity index (χ2n) is 14.9. The van der Waals surface area contributed by atoms with Crippen molar-refractivity contribution >= 4 is 29.8 Å². The summed E-state index contributed by atoms with van der Waals surface area (Å²) in [5, 5.41) is 3.99. The number of nitrogens with zero attached hydrogens (tertiary/aromatic N) is 3. The summed E-state index contributed by atoms with van der Waals surface area (Å²) in [6.45, 7) is 22.0. The zero-order valence-corrected chi connectivity index (χ0v) is 30.6. The van der Waals surface area contributed by atoms with Gasteiger partial charge in [-0.05, 0) is 96.7 Å². The summed E-state index contributed by atoms with van der Waals surface area (Å²) in [6.07, 6.45) is 10.0. The predicted molar refractivity (Wildman–Crippen MR) is 189 cm³/mol. The lowest BCUT2D eigenvalue weighted by atomic mass is 9.85. The minimum absolute atomic E-state index is 0.205. The van der Waals surface area contributed by atoms with E-state index in [2.05, 4.69) is 49.7 Å². The van der Waals surface area contributed by atoms with Crippen LogP contribution in [0.5, 0.6) is 0 Å². The molecule has 1 atom stereocenters. The van der Waals surface area contributed by atoms with Crippen molar-refractivity contribution in [2.45, 2.75) is 111 Å². The first-order valence-electron chi connectivity index (χ1n) is 17.6. The van der Waals surface area contributed by atoms with Crippen molar-refractivity contribution in [3.8, 4) is 0 Å². The van der Waals surface area contributed by atoms with Crippen LogP contribution in [0.1, 0.15) is 99.8 Å². The summed E-state index contributed by atoms with van der Waals surface area (Å²) in [5.41, 5.74) is 0.00308. The highest BCUT2D eigenvalue weighted by atomic mass is 35.5. The van der Waals surface area contributed by atoms with Crippen LogP contribution in [0.2, 0.25) is 5.02 Å². The third-order valence-corrected chi connectivity index (χ3v) is 9.93. The average molecular weight is 663 g/mol. The first kappa shape index (κ1) is 40.0. The zero-order chi connectivity index (χ0) is 34.2. The van der Waals surface area contributed by atoms with Crippen molar-refractivity contribution in [3.05, 3.63) is 35.4 Å². The molecule has 3 heterocycles. The summed E-state index contributed by atoms with van der Waals surface area (Å²) in [5.74, 6) is 1.74. The Labute approximate surface area is 284 Å². The smallest absolute Gasteiger partial charge is 0.227 e. The molecule has 4 aliphatic rings. The van der Waals surface area contributed by atoms with Crippen LogP contribution in [0.25, 0.3) is 0 Å². The largest absolute Gasteiger partial charge is 0.378 e. The minimum atomic E-state index is -0.205. The molecule has 1 aromatic rings. The molecule has 3 saturated heterocycles. The van der Waals surface area contributed by atoms with E-state index in [1.165, 1.54) is 25.7 Å². The number of hydrogen-bond acceptors (Lipinski definition) is 5. The number of benzene rings is 1. The maximum Gasteiger partial charge on any atom is 0.227 e. The van der Waals surface area contributed by atoms with E-state index in [4.69, 9.17) is 16.3 Å². The standard InChI is InChI=1S/C13H24N2O.C13H25NO.C6H5Cl.C5H9NO2/c1-13(2,3)15-9-6-11(10-15)12(16)14-7-4-5-8-14;1-5-13(3,4)12(15)14-11-8-6-10(2)7-9-11;7-6-4-2-1-3-5-6;7-5-6-1-3-8-4-2-6/h11H,4-10H2,1-3H3;10-11H,5-9H2,1-4H3,(H,14,15);1-5H;5H,1-4H2/t11-;;;/m0.../s1. The number of hydrogen-bond donors (Lipinski definition) is 1. The summed E-state index contributed by atoms with van der Waals surface area (Å²) in [7, 11) is 0. The van der Waals surface area contributed by atoms with Crippen LogP contribution in [0.4, 0.5) is 0 Å². The molecule has 1 N–H and O–H groups in total. The Morgan fingerprint density at radius 3 is 1.93 bits per heavy atom. The summed E-state index contributed by atoms with van der Waals surface area (Å²) >= 11 is 5.54. The van der Waals surface area contributed by atoms with Gasteiger partial charge in [-0.1, -0.05) is 57.5 Å². The Bertz CT molecular complexity index is 1010. The van der Waals surface area contributed by atoms with Gasteiger partial charge >= 0.3 is 0 Å². The molecule has 1 aromatic carbocycles. The second-order valence-corrected chi connectivity index (χ2v) is 15.3. The number of carbonyl (C=O) groups is 3. The highest BCUT2D eigenvalue weighted by Gasteiger charge is 2.36. The van der Waals surface area contributed by atoms with Crippen molar-refractivity contribution in [2.75, 3.05) is 52.5 Å². The minimum Gasteiger partial charge on any atom is -0.378 e. The lowest BCUT2D eigenvalue weighted by Gasteiger charge is -2.31. The highest BCUT2D eigenvalue weighted by molar-refractivity contribution is 6.30. The van der Waals surface area contributed by atoms with Crippen molar-refractivity contribution in [2.24, 2.45) is 17.3 Å². The van der Waals surface area contributed by atoms with E-state index >= 15 is 0 Å². The molecular formula is C37H63ClN4O4. The number of carbonyl (C=O) groups excluding carboxylic acids is 3. The topological polar surface area (TPSA) is 82.2 Å². The van der Waals surface area contributed by atoms with E-state index in [9.17, 15) is 14.4 Å². The van der Waals surface area contributed by atoms with Gasteiger partial charge in [0.05, 0.1) is 19.1 Å². The molecule has 46 heavy (non-hydrogen) atoms. The SMILES string of the molecule is CC(C)(C)N1CC[C@H](C(=O)N2CCCC2)C1.CCC(C)(C)C(=O)NC1CCC(C)CC1.Clc1ccccc1.O=CN1CCOCC1. The van der Waals surface area contributed by atoms with E-state index in [1.54, 1.807) is 4.90 Å². The van der Waals surface area contributed by atoms with Gasteiger partial charge in [0.25, 0.3) is 0 Å². The molecule has 1 saturated carbocycles. The molecule has 8 nitrogen and oxygen atoms in total. The lowest BCUT2D eigenvalue weighted by molar-refractivity contribution is -0.134. The molecule has 9 heteroatoms. The van der Waals surface area contributed by atoms with Gasteiger partial charge in [-0.3, -0.25) is 19.3 Å². The number of halogens is 1. The molecule has 5 rings (SSSR count). The second kappa shape index (κ2) is 20.3. The van der Waals surface area contributed by atoms with Gasteiger partial charge in [0.15, 0.2) is 0 Å². The molecule has 3 amide bonds. The first-order chi connectivity index (χ1) is 21.8. The Morgan fingerprint density at radius 1 is 0.913 bits per heavy atom. The lowest BCUT2D eigenvalue weighted by Crippen LogP contribution is -2.44. The van der Waals surface area contributed by atoms with Crippen molar-refractivity contribution in [1.82, 2.24) is 20.0 Å². The molecule has 4 fully saturated rings. The number of morpholine rings is 1. The van der Waals surface area contributed by atoms with Gasteiger partial charge in [-0.25, -0.2) is 0 Å². The molecule has 262 valence electrons. The van der Waals surface area contributed by atoms with Crippen LogP contribution < -0.4 is 5.32 Å². The monoisotopic (exact) mass is 662 g/mol. The summed E-state index contributed by atoms with van der Waals surface area (Å²) in [4.78, 5) is 40.4. The Kier molecular flexibility index (Phi) is 17.6. The fourth-order valence-electron chi connectivity index (χ4n) is 5.81. The Balaban J connectivity index is 0.000000226. The fraction of sp³-hybridized carbons (Fsp3) is 0.757. The first-order valence-corrected chi connectivity index (χ1v) is 18.0. The Morgan fingerprint density at radius 2 is 1.50 bits per heavy atom. The van der Waals surface area contributed by atoms with Crippen LogP contribution in [0.15, 0.2) is 30.3 Å². The molecular weight excluding hydrogens is 600 g/mol. The van der Waals surface area contributed by atoms with Gasteiger partial charge in [-0.15, -0.1) is 0 Å². The number of amides is 3. The van der Waals surface area contributed by atoms with E-state index in [0.29, 0.717) is 25.2 Å². The van der Waals surface area contributed by atoms with Crippen LogP contribution in [-0.2, 0) is 19.1 Å². The van der Waals surface area contributed by atoms with Crippen LogP contribution in [0.3, 0.4) is 0 Å². The number of rotatable bonds is 5. The third-order valence-electron chi connectivity index (χ3n) is 9.68. The van der Waals surface area contributed by atoms with E-state index in [1.807, 2.05) is 44.2 Å². The average Bonchev–Trinajstić information content (AvgIpc) is 3.77. The number of nitrogens with one attached hydrogen (secondary N) is 1. The molecule has 0 radical (unpaired) electrons. The van der Waals surface area contributed by atoms with E-state index < -0.39 is 0 Å². The molecule has 0 bridgehead atoms. The predicted octanol–water partition coefficient (Wildman–Crippen LogP) is 6.66. The third kappa shape index (κ3) is 14.7. The molecule has 1 aliphatic carbocycles. The van der Waals surface area contributed by atoms with E-state index in [0.717, 1.165) is 82.3 Å². The van der Waals surface area contributed by atoms with Crippen LogP contribution in [0, 0.1) is 17.3 Å². The van der Waals surface area contributed by atoms with Crippen LogP contribution >= 0.6 is 11.6 Å². The number of likely N-dealkylation sites (tertiary alicyclic amines) is 2. The maximum absolute atomic E-state index is 12.2. The van der Waals surface area contributed by atoms with E-state index in [-0.39, 0.29) is 22.8 Å². The van der Waals surface area contributed by atoms with Gasteiger partial charge in [0.2, 0.25) is 18.2 Å².